The van der Waals surface area contributed by atoms with Gasteiger partial charge in [-0.15, -0.1) is 0 Å². The molecule has 0 aliphatic carbocycles. The molecule has 6 heteroatoms. The van der Waals surface area contributed by atoms with E-state index in [-0.39, 0.29) is 42.8 Å². The summed E-state index contributed by atoms with van der Waals surface area (Å²) in [5.74, 6) is -0.594. The highest BCUT2D eigenvalue weighted by Gasteiger charge is 2.20. The molecule has 0 unspecified atom stereocenters. The highest BCUT2D eigenvalue weighted by atomic mass is 16.2. The van der Waals surface area contributed by atoms with Crippen LogP contribution in [0.25, 0.3) is 0 Å². The molecular formula is C14H27N3O3. The van der Waals surface area contributed by atoms with Crippen molar-refractivity contribution in [3.63, 3.8) is 0 Å². The van der Waals surface area contributed by atoms with Crippen molar-refractivity contribution in [3.05, 3.63) is 0 Å². The van der Waals surface area contributed by atoms with Crippen molar-refractivity contribution in [2.45, 2.75) is 53.5 Å². The van der Waals surface area contributed by atoms with E-state index in [1.54, 1.807) is 20.8 Å². The van der Waals surface area contributed by atoms with Crippen LogP contribution in [-0.2, 0) is 14.4 Å². The third kappa shape index (κ3) is 9.35. The summed E-state index contributed by atoms with van der Waals surface area (Å²) in [6.07, 6.45) is 0.157. The first-order valence-electron chi connectivity index (χ1n) is 6.78. The number of amides is 3. The van der Waals surface area contributed by atoms with E-state index in [2.05, 4.69) is 16.0 Å². The maximum atomic E-state index is 11.6. The zero-order valence-corrected chi connectivity index (χ0v) is 13.3. The lowest BCUT2D eigenvalue weighted by Crippen LogP contribution is -2.46. The summed E-state index contributed by atoms with van der Waals surface area (Å²) in [6, 6.07) is 0. The minimum absolute atomic E-state index is 0.0523. The monoisotopic (exact) mass is 285 g/mol. The molecule has 20 heavy (non-hydrogen) atoms. The van der Waals surface area contributed by atoms with Crippen LogP contribution in [0.3, 0.4) is 0 Å². The molecule has 116 valence electrons. The lowest BCUT2D eigenvalue weighted by Gasteiger charge is -2.20. The van der Waals surface area contributed by atoms with Gasteiger partial charge >= 0.3 is 0 Å². The second-order valence-electron chi connectivity index (χ2n) is 6.83. The molecule has 3 N–H and O–H groups in total. The van der Waals surface area contributed by atoms with Gasteiger partial charge in [-0.05, 0) is 20.8 Å². The van der Waals surface area contributed by atoms with Crippen LogP contribution in [0.15, 0.2) is 0 Å². The van der Waals surface area contributed by atoms with E-state index in [9.17, 15) is 14.4 Å². The minimum Gasteiger partial charge on any atom is -0.355 e. The van der Waals surface area contributed by atoms with Crippen LogP contribution < -0.4 is 16.0 Å². The first-order chi connectivity index (χ1) is 8.92. The Morgan fingerprint density at radius 2 is 1.40 bits per heavy atom. The fraction of sp³-hybridized carbons (Fsp3) is 0.786. The molecule has 0 saturated carbocycles. The number of hydrogen-bond donors (Lipinski definition) is 3. The Morgan fingerprint density at radius 3 is 1.85 bits per heavy atom. The SMILES string of the molecule is CC(C)(C)NC(=O)CNC(=O)CCNC(=O)C(C)(C)C. The molecule has 6 nitrogen and oxygen atoms in total. The molecule has 0 rings (SSSR count). The summed E-state index contributed by atoms with van der Waals surface area (Å²) < 4.78 is 0. The predicted molar refractivity (Wildman–Crippen MR) is 78.0 cm³/mol. The number of nitrogens with one attached hydrogen (secondary N) is 3. The van der Waals surface area contributed by atoms with Crippen molar-refractivity contribution in [3.8, 4) is 0 Å². The fourth-order valence-electron chi connectivity index (χ4n) is 1.28. The number of hydrogen-bond acceptors (Lipinski definition) is 3. The second-order valence-corrected chi connectivity index (χ2v) is 6.83. The number of carbonyl (C=O) groups excluding carboxylic acids is 3. The third-order valence-corrected chi connectivity index (χ3v) is 2.28. The molecule has 0 aliphatic heterocycles. The van der Waals surface area contributed by atoms with E-state index >= 15 is 0 Å². The van der Waals surface area contributed by atoms with Gasteiger partial charge in [0.15, 0.2) is 0 Å². The molecule has 0 fully saturated rings. The van der Waals surface area contributed by atoms with E-state index in [1.165, 1.54) is 0 Å². The first kappa shape index (κ1) is 18.4. The molecule has 0 heterocycles. The van der Waals surface area contributed by atoms with Gasteiger partial charge in [0.2, 0.25) is 17.7 Å². The molecule has 0 atom stereocenters. The first-order valence-corrected chi connectivity index (χ1v) is 6.78. The third-order valence-electron chi connectivity index (χ3n) is 2.28. The smallest absolute Gasteiger partial charge is 0.239 e. The van der Waals surface area contributed by atoms with Crippen molar-refractivity contribution < 1.29 is 14.4 Å². The van der Waals surface area contributed by atoms with Crippen LogP contribution in [0.1, 0.15) is 48.0 Å². The molecule has 0 bridgehead atoms. The summed E-state index contributed by atoms with van der Waals surface area (Å²) in [7, 11) is 0. The molecule has 0 aromatic carbocycles. The van der Waals surface area contributed by atoms with Gasteiger partial charge in [0.05, 0.1) is 6.54 Å². The molecule has 0 saturated heterocycles. The second kappa shape index (κ2) is 7.26. The minimum atomic E-state index is -0.469. The van der Waals surface area contributed by atoms with Gasteiger partial charge in [-0.2, -0.15) is 0 Å². The van der Waals surface area contributed by atoms with E-state index in [1.807, 2.05) is 20.8 Å². The van der Waals surface area contributed by atoms with E-state index < -0.39 is 5.41 Å². The Balaban J connectivity index is 3.86. The average Bonchev–Trinajstić information content (AvgIpc) is 2.22. The number of rotatable bonds is 5. The van der Waals surface area contributed by atoms with Crippen LogP contribution in [-0.4, -0.2) is 36.3 Å². The lowest BCUT2D eigenvalue weighted by atomic mass is 9.96. The van der Waals surface area contributed by atoms with Crippen LogP contribution in [0.2, 0.25) is 0 Å². The van der Waals surface area contributed by atoms with Gasteiger partial charge < -0.3 is 16.0 Å². The van der Waals surface area contributed by atoms with Crippen LogP contribution >= 0.6 is 0 Å². The largest absolute Gasteiger partial charge is 0.355 e. The Kier molecular flexibility index (Phi) is 6.68. The van der Waals surface area contributed by atoms with Gasteiger partial charge in [0, 0.05) is 23.9 Å². The topological polar surface area (TPSA) is 87.3 Å². The molecule has 0 aromatic heterocycles. The van der Waals surface area contributed by atoms with Crippen LogP contribution in [0.4, 0.5) is 0 Å². The summed E-state index contributed by atoms with van der Waals surface area (Å²) in [5, 5.41) is 7.94. The average molecular weight is 285 g/mol. The Bertz CT molecular complexity index is 365. The van der Waals surface area contributed by atoms with Crippen molar-refractivity contribution in [1.82, 2.24) is 16.0 Å². The molecule has 0 aliphatic rings. The molecule has 3 amide bonds. The zero-order valence-electron chi connectivity index (χ0n) is 13.3. The Hall–Kier alpha value is -1.59. The highest BCUT2D eigenvalue weighted by molar-refractivity contribution is 5.85. The summed E-state index contributed by atoms with van der Waals surface area (Å²) >= 11 is 0. The quantitative estimate of drug-likeness (QED) is 0.690. The highest BCUT2D eigenvalue weighted by Crippen LogP contribution is 2.11. The Morgan fingerprint density at radius 1 is 0.850 bits per heavy atom. The normalized spacial score (nSPS) is 11.7. The van der Waals surface area contributed by atoms with Gasteiger partial charge in [-0.3, -0.25) is 14.4 Å². The number of carbonyl (C=O) groups is 3. The van der Waals surface area contributed by atoms with Crippen molar-refractivity contribution in [2.24, 2.45) is 5.41 Å². The van der Waals surface area contributed by atoms with E-state index in [0.717, 1.165) is 0 Å². The molecule has 0 radical (unpaired) electrons. The molecular weight excluding hydrogens is 258 g/mol. The van der Waals surface area contributed by atoms with Gasteiger partial charge in [-0.25, -0.2) is 0 Å². The van der Waals surface area contributed by atoms with Gasteiger partial charge in [0.1, 0.15) is 0 Å². The van der Waals surface area contributed by atoms with Crippen LogP contribution in [0.5, 0.6) is 0 Å². The van der Waals surface area contributed by atoms with Crippen LogP contribution in [0, 0.1) is 5.41 Å². The summed E-state index contributed by atoms with van der Waals surface area (Å²) in [6.45, 7) is 11.2. The predicted octanol–water partition coefficient (Wildman–Crippen LogP) is 0.570. The van der Waals surface area contributed by atoms with Crippen molar-refractivity contribution in [1.29, 1.82) is 0 Å². The molecule has 0 spiro atoms. The van der Waals surface area contributed by atoms with Crippen molar-refractivity contribution >= 4 is 17.7 Å². The lowest BCUT2D eigenvalue weighted by molar-refractivity contribution is -0.129. The van der Waals surface area contributed by atoms with E-state index in [0.29, 0.717) is 0 Å². The summed E-state index contributed by atoms with van der Waals surface area (Å²) in [5.41, 5.74) is -0.786. The summed E-state index contributed by atoms with van der Waals surface area (Å²) in [4.78, 5) is 34.5. The van der Waals surface area contributed by atoms with Crippen molar-refractivity contribution in [2.75, 3.05) is 13.1 Å². The van der Waals surface area contributed by atoms with Gasteiger partial charge in [-0.1, -0.05) is 20.8 Å². The fourth-order valence-corrected chi connectivity index (χ4v) is 1.28. The standard InChI is InChI=1S/C14H27N3O3/c1-13(2,3)12(20)15-8-7-10(18)16-9-11(19)17-14(4,5)6/h7-9H2,1-6H3,(H,15,20)(H,16,18)(H,17,19). The molecule has 0 aromatic rings. The maximum absolute atomic E-state index is 11.6. The van der Waals surface area contributed by atoms with Gasteiger partial charge in [0.25, 0.3) is 0 Å². The maximum Gasteiger partial charge on any atom is 0.239 e. The zero-order chi connectivity index (χ0) is 16.0. The Labute approximate surface area is 121 Å². The van der Waals surface area contributed by atoms with E-state index in [4.69, 9.17) is 0 Å².